The van der Waals surface area contributed by atoms with Crippen molar-refractivity contribution in [1.29, 1.82) is 0 Å². The van der Waals surface area contributed by atoms with Gasteiger partial charge in [0.1, 0.15) is 0 Å². The Balaban J connectivity index is 1.88. The topological polar surface area (TPSA) is 29.3 Å². The molecular formula is C13H15F3N2. The minimum Gasteiger partial charge on any atom is -0.370 e. The van der Waals surface area contributed by atoms with Gasteiger partial charge in [-0.2, -0.15) is 13.2 Å². The Hall–Kier alpha value is -1.23. The molecule has 0 bridgehead atoms. The standard InChI is InChI=1S/C13H15F3N2/c14-13(15,16)11-5-10(2-1-9(11)6-17)18-7-12(8-18)3-4-12/h1-2,5H,3-4,6-8,17H2. The molecular weight excluding hydrogens is 241 g/mol. The lowest BCUT2D eigenvalue weighted by Crippen LogP contribution is -2.48. The van der Waals surface area contributed by atoms with Crippen LogP contribution in [0.4, 0.5) is 18.9 Å². The molecule has 0 unspecified atom stereocenters. The minimum absolute atomic E-state index is 0.0843. The van der Waals surface area contributed by atoms with Gasteiger partial charge in [-0.25, -0.2) is 0 Å². The smallest absolute Gasteiger partial charge is 0.370 e. The molecule has 0 aromatic heterocycles. The highest BCUT2D eigenvalue weighted by Crippen LogP contribution is 2.54. The van der Waals surface area contributed by atoms with Gasteiger partial charge in [0.25, 0.3) is 0 Å². The molecule has 0 atom stereocenters. The molecule has 2 nitrogen and oxygen atoms in total. The third kappa shape index (κ3) is 1.86. The molecule has 1 spiro atoms. The summed E-state index contributed by atoms with van der Waals surface area (Å²) in [5.74, 6) is 0. The number of anilines is 1. The van der Waals surface area contributed by atoms with E-state index in [1.165, 1.54) is 25.0 Å². The zero-order valence-corrected chi connectivity index (χ0v) is 9.93. The van der Waals surface area contributed by atoms with Crippen LogP contribution >= 0.6 is 0 Å². The molecule has 18 heavy (non-hydrogen) atoms. The molecule has 3 rings (SSSR count). The summed E-state index contributed by atoms with van der Waals surface area (Å²) in [6.07, 6.45) is -1.89. The van der Waals surface area contributed by atoms with Crippen LogP contribution in [0.3, 0.4) is 0 Å². The molecule has 0 amide bonds. The normalized spacial score (nSPS) is 21.0. The van der Waals surface area contributed by atoms with Gasteiger partial charge >= 0.3 is 6.18 Å². The van der Waals surface area contributed by atoms with Crippen LogP contribution < -0.4 is 10.6 Å². The third-order valence-electron chi connectivity index (χ3n) is 3.99. The van der Waals surface area contributed by atoms with Crippen LogP contribution in [-0.4, -0.2) is 13.1 Å². The highest BCUT2D eigenvalue weighted by Gasteiger charge is 2.52. The van der Waals surface area contributed by atoms with Gasteiger partial charge in [-0.3, -0.25) is 0 Å². The fourth-order valence-electron chi connectivity index (χ4n) is 2.64. The molecule has 5 heteroatoms. The maximum absolute atomic E-state index is 12.9. The first kappa shape index (κ1) is 11.8. The van der Waals surface area contributed by atoms with E-state index >= 15 is 0 Å². The van der Waals surface area contributed by atoms with Crippen LogP contribution in [-0.2, 0) is 12.7 Å². The Labute approximate surface area is 104 Å². The fraction of sp³-hybridized carbons (Fsp3) is 0.538. The summed E-state index contributed by atoms with van der Waals surface area (Å²) in [4.78, 5) is 2.02. The molecule has 2 fully saturated rings. The highest BCUT2D eigenvalue weighted by atomic mass is 19.4. The van der Waals surface area contributed by atoms with E-state index in [-0.39, 0.29) is 12.1 Å². The molecule has 2 aliphatic rings. The Morgan fingerprint density at radius 1 is 1.22 bits per heavy atom. The zero-order chi connectivity index (χ0) is 13.0. The van der Waals surface area contributed by atoms with Gasteiger partial charge < -0.3 is 10.6 Å². The predicted molar refractivity (Wildman–Crippen MR) is 63.2 cm³/mol. The van der Waals surface area contributed by atoms with Crippen LogP contribution in [0, 0.1) is 5.41 Å². The summed E-state index contributed by atoms with van der Waals surface area (Å²) >= 11 is 0. The van der Waals surface area contributed by atoms with Gasteiger partial charge in [-0.05, 0) is 30.5 Å². The Bertz CT molecular complexity index is 470. The number of rotatable bonds is 2. The number of hydrogen-bond donors (Lipinski definition) is 1. The van der Waals surface area contributed by atoms with Crippen LogP contribution in [0.15, 0.2) is 18.2 Å². The van der Waals surface area contributed by atoms with E-state index in [0.717, 1.165) is 13.1 Å². The van der Waals surface area contributed by atoms with Gasteiger partial charge in [-0.15, -0.1) is 0 Å². The SMILES string of the molecule is NCc1ccc(N2CC3(CC3)C2)cc1C(F)(F)F. The number of benzene rings is 1. The van der Waals surface area contributed by atoms with Crippen molar-refractivity contribution < 1.29 is 13.2 Å². The Kier molecular flexibility index (Phi) is 2.39. The predicted octanol–water partition coefficient (Wildman–Crippen LogP) is 2.76. The van der Waals surface area contributed by atoms with Crippen molar-refractivity contribution in [3.05, 3.63) is 29.3 Å². The van der Waals surface area contributed by atoms with Crippen LogP contribution in [0.1, 0.15) is 24.0 Å². The van der Waals surface area contributed by atoms with Gasteiger partial charge in [0.15, 0.2) is 0 Å². The summed E-state index contributed by atoms with van der Waals surface area (Å²) < 4.78 is 38.7. The molecule has 1 saturated heterocycles. The largest absolute Gasteiger partial charge is 0.416 e. The number of alkyl halides is 3. The number of nitrogens with zero attached hydrogens (tertiary/aromatic N) is 1. The second-order valence-corrected chi connectivity index (χ2v) is 5.40. The third-order valence-corrected chi connectivity index (χ3v) is 3.99. The van der Waals surface area contributed by atoms with E-state index in [1.54, 1.807) is 6.07 Å². The zero-order valence-electron chi connectivity index (χ0n) is 9.93. The quantitative estimate of drug-likeness (QED) is 0.881. The van der Waals surface area contributed by atoms with Crippen LogP contribution in [0.25, 0.3) is 0 Å². The first-order valence-electron chi connectivity index (χ1n) is 6.09. The fourth-order valence-corrected chi connectivity index (χ4v) is 2.64. The number of nitrogens with two attached hydrogens (primary N) is 1. The minimum atomic E-state index is -4.33. The molecule has 1 aromatic rings. The Morgan fingerprint density at radius 2 is 1.89 bits per heavy atom. The van der Waals surface area contributed by atoms with Crippen LogP contribution in [0.5, 0.6) is 0 Å². The number of halogens is 3. The van der Waals surface area contributed by atoms with Crippen molar-refractivity contribution >= 4 is 5.69 Å². The number of hydrogen-bond acceptors (Lipinski definition) is 2. The molecule has 1 aliphatic carbocycles. The van der Waals surface area contributed by atoms with E-state index in [1.807, 2.05) is 4.90 Å². The monoisotopic (exact) mass is 256 g/mol. The van der Waals surface area contributed by atoms with Crippen LogP contribution in [0.2, 0.25) is 0 Å². The van der Waals surface area contributed by atoms with Crippen molar-refractivity contribution in [2.24, 2.45) is 11.1 Å². The van der Waals surface area contributed by atoms with Gasteiger partial charge in [0.05, 0.1) is 5.56 Å². The van der Waals surface area contributed by atoms with E-state index in [0.29, 0.717) is 11.1 Å². The lowest BCUT2D eigenvalue weighted by Gasteiger charge is -2.42. The highest BCUT2D eigenvalue weighted by molar-refractivity contribution is 5.55. The lowest BCUT2D eigenvalue weighted by atomic mass is 9.95. The van der Waals surface area contributed by atoms with E-state index in [4.69, 9.17) is 5.73 Å². The van der Waals surface area contributed by atoms with E-state index < -0.39 is 11.7 Å². The maximum Gasteiger partial charge on any atom is 0.416 e. The molecule has 1 heterocycles. The second-order valence-electron chi connectivity index (χ2n) is 5.40. The summed E-state index contributed by atoms with van der Waals surface area (Å²) in [6.45, 7) is 1.71. The van der Waals surface area contributed by atoms with Crippen molar-refractivity contribution in [3.8, 4) is 0 Å². The molecule has 98 valence electrons. The molecule has 2 N–H and O–H groups in total. The summed E-state index contributed by atoms with van der Waals surface area (Å²) in [6, 6.07) is 4.47. The first-order chi connectivity index (χ1) is 8.43. The van der Waals surface area contributed by atoms with Crippen molar-refractivity contribution in [2.45, 2.75) is 25.6 Å². The summed E-state index contributed by atoms with van der Waals surface area (Å²) in [7, 11) is 0. The van der Waals surface area contributed by atoms with Crippen molar-refractivity contribution in [3.63, 3.8) is 0 Å². The second kappa shape index (κ2) is 3.63. The van der Waals surface area contributed by atoms with Crippen molar-refractivity contribution in [1.82, 2.24) is 0 Å². The van der Waals surface area contributed by atoms with E-state index in [2.05, 4.69) is 0 Å². The van der Waals surface area contributed by atoms with Gasteiger partial charge in [0, 0.05) is 30.7 Å². The molecule has 1 saturated carbocycles. The molecule has 1 aromatic carbocycles. The Morgan fingerprint density at radius 3 is 2.39 bits per heavy atom. The molecule has 1 aliphatic heterocycles. The van der Waals surface area contributed by atoms with Crippen molar-refractivity contribution in [2.75, 3.05) is 18.0 Å². The first-order valence-corrected chi connectivity index (χ1v) is 6.09. The summed E-state index contributed by atoms with van der Waals surface area (Å²) in [5.41, 5.74) is 6.02. The lowest BCUT2D eigenvalue weighted by molar-refractivity contribution is -0.138. The molecule has 0 radical (unpaired) electrons. The average molecular weight is 256 g/mol. The summed E-state index contributed by atoms with van der Waals surface area (Å²) in [5, 5.41) is 0. The van der Waals surface area contributed by atoms with Gasteiger partial charge in [-0.1, -0.05) is 6.07 Å². The average Bonchev–Trinajstić information content (AvgIpc) is 3.05. The maximum atomic E-state index is 12.9. The van der Waals surface area contributed by atoms with E-state index in [9.17, 15) is 13.2 Å². The van der Waals surface area contributed by atoms with Gasteiger partial charge in [0.2, 0.25) is 0 Å².